The van der Waals surface area contributed by atoms with Gasteiger partial charge in [0.2, 0.25) is 17.7 Å². The molecule has 1 aromatic heterocycles. The van der Waals surface area contributed by atoms with E-state index in [2.05, 4.69) is 20.0 Å². The van der Waals surface area contributed by atoms with Gasteiger partial charge in [0.15, 0.2) is 0 Å². The number of aromatic nitrogens is 2. The molecule has 0 unspecified atom stereocenters. The Morgan fingerprint density at radius 3 is 2.54 bits per heavy atom. The average Bonchev–Trinajstić information content (AvgIpc) is 2.89. The molecule has 2 heterocycles. The fourth-order valence-electron chi connectivity index (χ4n) is 3.86. The maximum atomic E-state index is 12.9. The van der Waals surface area contributed by atoms with Crippen LogP contribution in [0.25, 0.3) is 0 Å². The van der Waals surface area contributed by atoms with Crippen molar-refractivity contribution in [1.82, 2.24) is 9.97 Å². The van der Waals surface area contributed by atoms with Crippen molar-refractivity contribution in [3.05, 3.63) is 60.8 Å². The Kier molecular flexibility index (Phi) is 7.35. The van der Waals surface area contributed by atoms with Gasteiger partial charge in [0, 0.05) is 37.0 Å². The lowest BCUT2D eigenvalue weighted by atomic mass is 9.96. The van der Waals surface area contributed by atoms with Crippen LogP contribution in [0.4, 0.5) is 17.3 Å². The van der Waals surface area contributed by atoms with E-state index in [1.807, 2.05) is 4.90 Å². The number of anilines is 3. The van der Waals surface area contributed by atoms with Crippen LogP contribution < -0.4 is 24.4 Å². The van der Waals surface area contributed by atoms with Gasteiger partial charge in [0.05, 0.1) is 24.8 Å². The Hall–Kier alpha value is -3.86. The van der Waals surface area contributed by atoms with Gasteiger partial charge < -0.3 is 19.7 Å². The minimum Gasteiger partial charge on any atom is -0.495 e. The number of ether oxygens (including phenoxy) is 2. The van der Waals surface area contributed by atoms with E-state index in [4.69, 9.17) is 9.47 Å². The number of carbonyl (C=O) groups is 1. The number of amides is 1. The molecule has 35 heavy (non-hydrogen) atoms. The number of hydrogen-bond donors (Lipinski definition) is 2. The van der Waals surface area contributed by atoms with Crippen molar-refractivity contribution >= 4 is 33.3 Å². The molecule has 11 heteroatoms. The van der Waals surface area contributed by atoms with Crippen molar-refractivity contribution in [2.24, 2.45) is 5.92 Å². The summed E-state index contributed by atoms with van der Waals surface area (Å²) < 4.78 is 38.7. The van der Waals surface area contributed by atoms with Crippen molar-refractivity contribution in [3.8, 4) is 11.6 Å². The molecular weight excluding hydrogens is 470 g/mol. The first-order chi connectivity index (χ1) is 16.9. The van der Waals surface area contributed by atoms with Crippen LogP contribution in [0, 0.1) is 5.92 Å². The van der Waals surface area contributed by atoms with Crippen LogP contribution in [0.2, 0.25) is 0 Å². The minimum atomic E-state index is -3.88. The molecule has 0 atom stereocenters. The summed E-state index contributed by atoms with van der Waals surface area (Å²) in [6, 6.07) is 14.6. The number of methoxy groups -OCH3 is 2. The number of nitrogens with zero attached hydrogens (tertiary/aromatic N) is 3. The van der Waals surface area contributed by atoms with E-state index in [1.165, 1.54) is 19.2 Å². The van der Waals surface area contributed by atoms with Crippen LogP contribution in [0.5, 0.6) is 11.6 Å². The summed E-state index contributed by atoms with van der Waals surface area (Å²) in [6.07, 6.45) is 2.89. The third-order valence-electron chi connectivity index (χ3n) is 5.74. The molecule has 3 aromatic rings. The van der Waals surface area contributed by atoms with Crippen LogP contribution in [-0.2, 0) is 14.8 Å². The summed E-state index contributed by atoms with van der Waals surface area (Å²) in [5.41, 5.74) is 0.743. The zero-order chi connectivity index (χ0) is 24.8. The Labute approximate surface area is 204 Å². The SMILES string of the molecule is COc1ccnc(N2CCC(C(=O)Nc3cccc(S(=O)(=O)Nc4ccccc4OC)c3)CC2)n1. The van der Waals surface area contributed by atoms with Crippen molar-refractivity contribution in [2.45, 2.75) is 17.7 Å². The van der Waals surface area contributed by atoms with Gasteiger partial charge in [-0.1, -0.05) is 18.2 Å². The highest BCUT2D eigenvalue weighted by Crippen LogP contribution is 2.27. The highest BCUT2D eigenvalue weighted by molar-refractivity contribution is 7.92. The Bertz CT molecular complexity index is 1290. The lowest BCUT2D eigenvalue weighted by molar-refractivity contribution is -0.120. The van der Waals surface area contributed by atoms with Crippen LogP contribution in [0.1, 0.15) is 12.8 Å². The van der Waals surface area contributed by atoms with Gasteiger partial charge in [-0.2, -0.15) is 4.98 Å². The molecule has 0 bridgehead atoms. The standard InChI is InChI=1S/C24H27N5O5S/c1-33-21-9-4-3-8-20(21)28-35(31,32)19-7-5-6-18(16-19)26-23(30)17-11-14-29(15-12-17)24-25-13-10-22(27-24)34-2/h3-10,13,16-17,28H,11-12,14-15H2,1-2H3,(H,26,30). The topological polar surface area (TPSA) is 123 Å². The van der Waals surface area contributed by atoms with Gasteiger partial charge in [0.25, 0.3) is 10.0 Å². The fourth-order valence-corrected chi connectivity index (χ4v) is 4.97. The van der Waals surface area contributed by atoms with E-state index in [9.17, 15) is 13.2 Å². The first-order valence-corrected chi connectivity index (χ1v) is 12.6. The molecule has 10 nitrogen and oxygen atoms in total. The highest BCUT2D eigenvalue weighted by Gasteiger charge is 2.27. The summed E-state index contributed by atoms with van der Waals surface area (Å²) in [5, 5.41) is 2.86. The first-order valence-electron chi connectivity index (χ1n) is 11.1. The van der Waals surface area contributed by atoms with Crippen molar-refractivity contribution in [1.29, 1.82) is 0 Å². The van der Waals surface area contributed by atoms with E-state index in [1.54, 1.807) is 55.8 Å². The van der Waals surface area contributed by atoms with Crippen LogP contribution in [0.3, 0.4) is 0 Å². The van der Waals surface area contributed by atoms with Gasteiger partial charge in [0.1, 0.15) is 5.75 Å². The van der Waals surface area contributed by atoms with Crippen molar-refractivity contribution in [2.75, 3.05) is 42.2 Å². The molecule has 184 valence electrons. The molecule has 1 aliphatic heterocycles. The summed E-state index contributed by atoms with van der Waals surface area (Å²) in [5.74, 6) is 1.12. The third-order valence-corrected chi connectivity index (χ3v) is 7.10. The van der Waals surface area contributed by atoms with E-state index in [0.29, 0.717) is 54.9 Å². The predicted octanol–water partition coefficient (Wildman–Crippen LogP) is 3.15. The average molecular weight is 498 g/mol. The van der Waals surface area contributed by atoms with Crippen LogP contribution in [0.15, 0.2) is 65.7 Å². The summed E-state index contributed by atoms with van der Waals surface area (Å²) in [6.45, 7) is 1.25. The van der Waals surface area contributed by atoms with Gasteiger partial charge >= 0.3 is 0 Å². The number of benzene rings is 2. The van der Waals surface area contributed by atoms with Crippen LogP contribution in [-0.4, -0.2) is 51.6 Å². The number of rotatable bonds is 8. The van der Waals surface area contributed by atoms with Crippen molar-refractivity contribution in [3.63, 3.8) is 0 Å². The fraction of sp³-hybridized carbons (Fsp3) is 0.292. The number of carbonyl (C=O) groups excluding carboxylic acids is 1. The van der Waals surface area contributed by atoms with E-state index in [0.717, 1.165) is 0 Å². The number of nitrogens with one attached hydrogen (secondary N) is 2. The molecule has 0 saturated carbocycles. The molecule has 4 rings (SSSR count). The zero-order valence-electron chi connectivity index (χ0n) is 19.5. The predicted molar refractivity (Wildman–Crippen MR) is 132 cm³/mol. The third kappa shape index (κ3) is 5.80. The Balaban J connectivity index is 1.39. The monoisotopic (exact) mass is 497 g/mol. The van der Waals surface area contributed by atoms with E-state index < -0.39 is 10.0 Å². The first kappa shape index (κ1) is 24.3. The molecule has 0 spiro atoms. The molecule has 1 amide bonds. The molecule has 1 fully saturated rings. The molecule has 1 saturated heterocycles. The number of hydrogen-bond acceptors (Lipinski definition) is 8. The maximum Gasteiger partial charge on any atom is 0.262 e. The Morgan fingerprint density at radius 2 is 1.80 bits per heavy atom. The van der Waals surface area contributed by atoms with Gasteiger partial charge in [-0.3, -0.25) is 9.52 Å². The number of piperidine rings is 1. The second kappa shape index (κ2) is 10.6. The second-order valence-electron chi connectivity index (χ2n) is 7.98. The summed E-state index contributed by atoms with van der Waals surface area (Å²) in [4.78, 5) is 23.6. The molecule has 1 aliphatic rings. The number of para-hydroxylation sites is 2. The molecule has 2 N–H and O–H groups in total. The lowest BCUT2D eigenvalue weighted by Gasteiger charge is -2.31. The maximum absolute atomic E-state index is 12.9. The molecule has 0 radical (unpaired) electrons. The highest BCUT2D eigenvalue weighted by atomic mass is 32.2. The van der Waals surface area contributed by atoms with Gasteiger partial charge in [-0.05, 0) is 43.2 Å². The Morgan fingerprint density at radius 1 is 1.03 bits per heavy atom. The lowest BCUT2D eigenvalue weighted by Crippen LogP contribution is -2.39. The van der Waals surface area contributed by atoms with Gasteiger partial charge in [-0.25, -0.2) is 13.4 Å². The normalized spacial score (nSPS) is 14.3. The molecule has 0 aliphatic carbocycles. The number of sulfonamides is 1. The molecule has 2 aromatic carbocycles. The van der Waals surface area contributed by atoms with Crippen LogP contribution >= 0.6 is 0 Å². The second-order valence-corrected chi connectivity index (χ2v) is 9.67. The largest absolute Gasteiger partial charge is 0.495 e. The minimum absolute atomic E-state index is 0.0335. The smallest absolute Gasteiger partial charge is 0.262 e. The van der Waals surface area contributed by atoms with E-state index in [-0.39, 0.29) is 16.7 Å². The zero-order valence-corrected chi connectivity index (χ0v) is 20.3. The summed E-state index contributed by atoms with van der Waals surface area (Å²) >= 11 is 0. The van der Waals surface area contributed by atoms with E-state index >= 15 is 0 Å². The molecular formula is C24H27N5O5S. The summed E-state index contributed by atoms with van der Waals surface area (Å²) in [7, 11) is -0.862. The quantitative estimate of drug-likeness (QED) is 0.487. The van der Waals surface area contributed by atoms with Gasteiger partial charge in [-0.15, -0.1) is 0 Å². The van der Waals surface area contributed by atoms with Crippen molar-refractivity contribution < 1.29 is 22.7 Å².